The van der Waals surface area contributed by atoms with Crippen molar-refractivity contribution < 1.29 is 19.8 Å². The van der Waals surface area contributed by atoms with Crippen LogP contribution in [0.2, 0.25) is 0 Å². The number of aryl methyl sites for hydroxylation is 1. The van der Waals surface area contributed by atoms with E-state index < -0.39 is 11.9 Å². The highest BCUT2D eigenvalue weighted by Gasteiger charge is 2.21. The Morgan fingerprint density at radius 2 is 1.67 bits per heavy atom. The van der Waals surface area contributed by atoms with Gasteiger partial charge in [-0.05, 0) is 50.4 Å². The van der Waals surface area contributed by atoms with Gasteiger partial charge >= 0.3 is 11.9 Å². The summed E-state index contributed by atoms with van der Waals surface area (Å²) in [5.74, 6) is -2.35. The summed E-state index contributed by atoms with van der Waals surface area (Å²) in [4.78, 5) is 21.7. The second-order valence-electron chi connectivity index (χ2n) is 2.85. The van der Waals surface area contributed by atoms with Gasteiger partial charge in [-0.3, -0.25) is 0 Å². The first-order valence-electron chi connectivity index (χ1n) is 3.81. The molecule has 0 unspecified atom stereocenters. The Hall–Kier alpha value is -0.880. The van der Waals surface area contributed by atoms with Crippen molar-refractivity contribution in [2.45, 2.75) is 6.92 Å². The monoisotopic (exact) mass is 336 g/mol. The first-order chi connectivity index (χ1) is 6.86. The van der Waals surface area contributed by atoms with Gasteiger partial charge in [0.2, 0.25) is 0 Å². The lowest BCUT2D eigenvalue weighted by molar-refractivity contribution is 0.0694. The third-order valence-corrected chi connectivity index (χ3v) is 3.67. The molecule has 0 aliphatic heterocycles. The van der Waals surface area contributed by atoms with Crippen LogP contribution in [0.3, 0.4) is 0 Å². The van der Waals surface area contributed by atoms with Gasteiger partial charge in [-0.15, -0.1) is 0 Å². The number of carboxylic acids is 2. The van der Waals surface area contributed by atoms with Crippen molar-refractivity contribution in [2.24, 2.45) is 0 Å². The highest BCUT2D eigenvalue weighted by molar-refractivity contribution is 9.11. The Kier molecular flexibility index (Phi) is 3.51. The van der Waals surface area contributed by atoms with Crippen LogP contribution < -0.4 is 0 Å². The van der Waals surface area contributed by atoms with E-state index in [0.717, 1.165) is 0 Å². The van der Waals surface area contributed by atoms with Gasteiger partial charge in [0.25, 0.3) is 0 Å². The minimum atomic E-state index is -1.18. The number of halogens is 2. The van der Waals surface area contributed by atoms with Crippen LogP contribution in [0, 0.1) is 6.92 Å². The standard InChI is InChI=1S/C9H6Br2O4/c1-3-2-4(8(12)13)7(11)5(6(3)10)9(14)15/h2H,1H3,(H,12,13)(H,14,15). The summed E-state index contributed by atoms with van der Waals surface area (Å²) in [6.45, 7) is 1.63. The number of hydrogen-bond acceptors (Lipinski definition) is 2. The lowest BCUT2D eigenvalue weighted by Crippen LogP contribution is -2.07. The van der Waals surface area contributed by atoms with Gasteiger partial charge in [0, 0.05) is 8.95 Å². The fourth-order valence-electron chi connectivity index (χ4n) is 1.11. The van der Waals surface area contributed by atoms with Gasteiger partial charge in [-0.2, -0.15) is 0 Å². The number of aromatic carboxylic acids is 2. The van der Waals surface area contributed by atoms with Crippen molar-refractivity contribution in [1.82, 2.24) is 0 Å². The second-order valence-corrected chi connectivity index (χ2v) is 4.44. The SMILES string of the molecule is Cc1cc(C(=O)O)c(Br)c(C(=O)O)c1Br. The Morgan fingerprint density at radius 1 is 1.13 bits per heavy atom. The van der Waals surface area contributed by atoms with Gasteiger partial charge in [-0.25, -0.2) is 9.59 Å². The zero-order valence-electron chi connectivity index (χ0n) is 7.54. The molecule has 1 aromatic rings. The highest BCUT2D eigenvalue weighted by Crippen LogP contribution is 2.31. The summed E-state index contributed by atoms with van der Waals surface area (Å²) in [6.07, 6.45) is 0. The van der Waals surface area contributed by atoms with Crippen molar-refractivity contribution >= 4 is 43.8 Å². The molecule has 0 aromatic heterocycles. The predicted molar refractivity (Wildman–Crippen MR) is 60.5 cm³/mol. The Balaban J connectivity index is 3.63. The van der Waals surface area contributed by atoms with E-state index in [1.165, 1.54) is 6.07 Å². The minimum Gasteiger partial charge on any atom is -0.478 e. The van der Waals surface area contributed by atoms with E-state index in [4.69, 9.17) is 10.2 Å². The van der Waals surface area contributed by atoms with E-state index in [1.54, 1.807) is 6.92 Å². The first-order valence-corrected chi connectivity index (χ1v) is 5.40. The Bertz CT molecular complexity index is 454. The number of carboxylic acid groups (broad SMARTS) is 2. The molecule has 0 saturated heterocycles. The van der Waals surface area contributed by atoms with Gasteiger partial charge in [-0.1, -0.05) is 0 Å². The molecule has 1 rings (SSSR count). The van der Waals surface area contributed by atoms with Crippen LogP contribution in [0.15, 0.2) is 15.0 Å². The summed E-state index contributed by atoms with van der Waals surface area (Å²) >= 11 is 6.09. The average molecular weight is 338 g/mol. The molecule has 0 atom stereocenters. The highest BCUT2D eigenvalue weighted by atomic mass is 79.9. The van der Waals surface area contributed by atoms with E-state index in [-0.39, 0.29) is 15.6 Å². The van der Waals surface area contributed by atoms with Crippen molar-refractivity contribution in [3.63, 3.8) is 0 Å². The molecule has 0 heterocycles. The summed E-state index contributed by atoms with van der Waals surface area (Å²) in [5, 5.41) is 17.8. The summed E-state index contributed by atoms with van der Waals surface area (Å²) < 4.78 is 0.451. The zero-order valence-corrected chi connectivity index (χ0v) is 10.7. The molecular weight excluding hydrogens is 332 g/mol. The van der Waals surface area contributed by atoms with Crippen LogP contribution >= 0.6 is 31.9 Å². The van der Waals surface area contributed by atoms with E-state index in [2.05, 4.69) is 31.9 Å². The molecule has 15 heavy (non-hydrogen) atoms. The summed E-state index contributed by atoms with van der Waals surface area (Å²) in [5.41, 5.74) is 0.425. The quantitative estimate of drug-likeness (QED) is 0.870. The van der Waals surface area contributed by atoms with Crippen LogP contribution in [0.4, 0.5) is 0 Å². The molecule has 0 fully saturated rings. The number of rotatable bonds is 2. The minimum absolute atomic E-state index is 0.0619. The predicted octanol–water partition coefficient (Wildman–Crippen LogP) is 2.92. The largest absolute Gasteiger partial charge is 0.478 e. The van der Waals surface area contributed by atoms with Gasteiger partial charge < -0.3 is 10.2 Å². The molecule has 0 radical (unpaired) electrons. The van der Waals surface area contributed by atoms with Crippen molar-refractivity contribution in [3.8, 4) is 0 Å². The molecule has 0 bridgehead atoms. The van der Waals surface area contributed by atoms with Crippen LogP contribution in [-0.4, -0.2) is 22.2 Å². The maximum Gasteiger partial charge on any atom is 0.338 e. The van der Waals surface area contributed by atoms with Crippen LogP contribution in [0.25, 0.3) is 0 Å². The molecular formula is C9H6Br2O4. The Morgan fingerprint density at radius 3 is 2.07 bits per heavy atom. The van der Waals surface area contributed by atoms with Gasteiger partial charge in [0.15, 0.2) is 0 Å². The topological polar surface area (TPSA) is 74.6 Å². The molecule has 0 spiro atoms. The third kappa shape index (κ3) is 2.21. The van der Waals surface area contributed by atoms with Crippen molar-refractivity contribution in [2.75, 3.05) is 0 Å². The smallest absolute Gasteiger partial charge is 0.338 e. The fourth-order valence-corrected chi connectivity index (χ4v) is 2.52. The molecule has 0 aliphatic carbocycles. The summed E-state index contributed by atoms with van der Waals surface area (Å²) in [7, 11) is 0. The lowest BCUT2D eigenvalue weighted by Gasteiger charge is -2.08. The van der Waals surface area contributed by atoms with E-state index in [9.17, 15) is 9.59 Å². The molecule has 0 aliphatic rings. The van der Waals surface area contributed by atoms with Gasteiger partial charge in [0.1, 0.15) is 0 Å². The maximum absolute atomic E-state index is 10.9. The maximum atomic E-state index is 10.9. The molecule has 80 valence electrons. The lowest BCUT2D eigenvalue weighted by atomic mass is 10.1. The Labute approximate surface area is 102 Å². The number of benzene rings is 1. The number of carbonyl (C=O) groups is 2. The van der Waals surface area contributed by atoms with E-state index in [1.807, 2.05) is 0 Å². The molecule has 4 nitrogen and oxygen atoms in total. The first kappa shape index (κ1) is 12.2. The molecule has 2 N–H and O–H groups in total. The van der Waals surface area contributed by atoms with Crippen LogP contribution in [0.5, 0.6) is 0 Å². The van der Waals surface area contributed by atoms with Crippen molar-refractivity contribution in [3.05, 3.63) is 31.7 Å². The molecule has 6 heteroatoms. The molecule has 0 saturated carbocycles. The second kappa shape index (κ2) is 4.32. The van der Waals surface area contributed by atoms with E-state index in [0.29, 0.717) is 10.0 Å². The van der Waals surface area contributed by atoms with Gasteiger partial charge in [0.05, 0.1) is 11.1 Å². The van der Waals surface area contributed by atoms with Crippen LogP contribution in [0.1, 0.15) is 26.3 Å². The van der Waals surface area contributed by atoms with Crippen LogP contribution in [-0.2, 0) is 0 Å². The summed E-state index contributed by atoms with van der Waals surface area (Å²) in [6, 6.07) is 1.41. The van der Waals surface area contributed by atoms with Crippen molar-refractivity contribution in [1.29, 1.82) is 0 Å². The normalized spacial score (nSPS) is 10.1. The third-order valence-electron chi connectivity index (χ3n) is 1.83. The molecule has 0 amide bonds. The van der Waals surface area contributed by atoms with E-state index >= 15 is 0 Å². The average Bonchev–Trinajstić information content (AvgIpc) is 2.10. The fraction of sp³-hybridized carbons (Fsp3) is 0.111. The number of hydrogen-bond donors (Lipinski definition) is 2. The molecule has 1 aromatic carbocycles. The zero-order chi connectivity index (χ0) is 11.7.